The van der Waals surface area contributed by atoms with Gasteiger partial charge in [-0.1, -0.05) is 6.07 Å². The molecule has 7 nitrogen and oxygen atoms in total. The number of nitrogens with zero attached hydrogens (tertiary/aromatic N) is 3. The highest BCUT2D eigenvalue weighted by atomic mass is 16.5. The lowest BCUT2D eigenvalue weighted by Crippen LogP contribution is -2.40. The standard InChI is InChI=1S/C21H28N4O3/c1-15-3-4-18(7-16(15)2)28-11-20(27)25-9-17-8-24(10-19-22-5-6-23-19)12-21(17,13-25)14-26/h3-7,17,26H,8-14H2,1-2H3,(H,22,23). The van der Waals surface area contributed by atoms with Gasteiger partial charge in [0.15, 0.2) is 6.61 Å². The molecule has 4 rings (SSSR count). The Morgan fingerprint density at radius 2 is 2.18 bits per heavy atom. The number of aromatic amines is 1. The van der Waals surface area contributed by atoms with Crippen molar-refractivity contribution in [3.8, 4) is 5.75 Å². The minimum atomic E-state index is -0.247. The fourth-order valence-corrected chi connectivity index (χ4v) is 4.46. The third-order valence-corrected chi connectivity index (χ3v) is 6.27. The first-order valence-corrected chi connectivity index (χ1v) is 9.78. The van der Waals surface area contributed by atoms with E-state index >= 15 is 0 Å². The van der Waals surface area contributed by atoms with Crippen molar-refractivity contribution in [1.82, 2.24) is 19.8 Å². The first-order chi connectivity index (χ1) is 13.5. The van der Waals surface area contributed by atoms with Gasteiger partial charge in [-0.15, -0.1) is 0 Å². The number of carbonyl (C=O) groups is 1. The van der Waals surface area contributed by atoms with Crippen LogP contribution in [-0.4, -0.2) is 70.2 Å². The zero-order chi connectivity index (χ0) is 19.7. The molecule has 28 heavy (non-hydrogen) atoms. The second-order valence-corrected chi connectivity index (χ2v) is 8.23. The van der Waals surface area contributed by atoms with Gasteiger partial charge in [0.1, 0.15) is 11.6 Å². The first-order valence-electron chi connectivity index (χ1n) is 9.78. The number of imidazole rings is 1. The summed E-state index contributed by atoms with van der Waals surface area (Å²) in [6, 6.07) is 5.86. The maximum absolute atomic E-state index is 12.7. The van der Waals surface area contributed by atoms with Crippen molar-refractivity contribution >= 4 is 5.91 Å². The van der Waals surface area contributed by atoms with Crippen molar-refractivity contribution in [3.63, 3.8) is 0 Å². The first kappa shape index (κ1) is 19.0. The smallest absolute Gasteiger partial charge is 0.260 e. The third kappa shape index (κ3) is 3.64. The molecule has 1 aromatic carbocycles. The normalized spacial score (nSPS) is 24.5. The number of aromatic nitrogens is 2. The van der Waals surface area contributed by atoms with E-state index in [0.29, 0.717) is 13.1 Å². The van der Waals surface area contributed by atoms with E-state index in [1.165, 1.54) is 5.56 Å². The zero-order valence-corrected chi connectivity index (χ0v) is 16.5. The summed E-state index contributed by atoms with van der Waals surface area (Å²) in [6.07, 6.45) is 3.58. The molecule has 2 aliphatic rings. The summed E-state index contributed by atoms with van der Waals surface area (Å²) in [4.78, 5) is 24.3. The Bertz CT molecular complexity index is 838. The monoisotopic (exact) mass is 384 g/mol. The zero-order valence-electron chi connectivity index (χ0n) is 16.5. The van der Waals surface area contributed by atoms with E-state index in [2.05, 4.69) is 21.8 Å². The molecule has 0 saturated carbocycles. The van der Waals surface area contributed by atoms with Gasteiger partial charge in [-0.25, -0.2) is 4.98 Å². The van der Waals surface area contributed by atoms with E-state index < -0.39 is 0 Å². The van der Waals surface area contributed by atoms with Crippen LogP contribution in [0.3, 0.4) is 0 Å². The number of H-pyrrole nitrogens is 1. The predicted molar refractivity (Wildman–Crippen MR) is 105 cm³/mol. The van der Waals surface area contributed by atoms with Crippen LogP contribution in [0.15, 0.2) is 30.6 Å². The number of aliphatic hydroxyl groups is 1. The Morgan fingerprint density at radius 1 is 1.32 bits per heavy atom. The Morgan fingerprint density at radius 3 is 2.86 bits per heavy atom. The molecule has 2 aliphatic heterocycles. The highest BCUT2D eigenvalue weighted by Gasteiger charge is 2.53. The maximum Gasteiger partial charge on any atom is 0.260 e. The summed E-state index contributed by atoms with van der Waals surface area (Å²) in [7, 11) is 0. The highest BCUT2D eigenvalue weighted by Crippen LogP contribution is 2.42. The molecule has 1 amide bonds. The van der Waals surface area contributed by atoms with Crippen LogP contribution in [0, 0.1) is 25.2 Å². The Labute approximate surface area is 165 Å². The van der Waals surface area contributed by atoms with Crippen LogP contribution in [0.2, 0.25) is 0 Å². The predicted octanol–water partition coefficient (Wildman–Crippen LogP) is 1.36. The molecule has 0 radical (unpaired) electrons. The number of aliphatic hydroxyl groups excluding tert-OH is 1. The topological polar surface area (TPSA) is 81.7 Å². The number of amides is 1. The van der Waals surface area contributed by atoms with Crippen molar-refractivity contribution in [3.05, 3.63) is 47.5 Å². The minimum absolute atomic E-state index is 0.0157. The molecule has 7 heteroatoms. The quantitative estimate of drug-likeness (QED) is 0.786. The number of hydrogen-bond donors (Lipinski definition) is 2. The summed E-state index contributed by atoms with van der Waals surface area (Å²) in [5.41, 5.74) is 2.11. The minimum Gasteiger partial charge on any atom is -0.484 e. The van der Waals surface area contributed by atoms with Crippen LogP contribution >= 0.6 is 0 Å². The molecular weight excluding hydrogens is 356 g/mol. The summed E-state index contributed by atoms with van der Waals surface area (Å²) in [5, 5.41) is 10.1. The SMILES string of the molecule is Cc1ccc(OCC(=O)N2CC3CN(Cc4ncc[nH]4)CC3(CO)C2)cc1C. The van der Waals surface area contributed by atoms with Crippen molar-refractivity contribution in [2.24, 2.45) is 11.3 Å². The fraction of sp³-hybridized carbons (Fsp3) is 0.524. The average molecular weight is 384 g/mol. The second-order valence-electron chi connectivity index (χ2n) is 8.23. The number of fused-ring (bicyclic) bond motifs is 1. The van der Waals surface area contributed by atoms with Crippen LogP contribution < -0.4 is 4.74 Å². The summed E-state index contributed by atoms with van der Waals surface area (Å²) in [5.74, 6) is 1.91. The van der Waals surface area contributed by atoms with E-state index in [0.717, 1.165) is 36.8 Å². The molecule has 2 saturated heterocycles. The molecular formula is C21H28N4O3. The van der Waals surface area contributed by atoms with Gasteiger partial charge in [0.25, 0.3) is 5.91 Å². The van der Waals surface area contributed by atoms with Crippen LogP contribution in [0.4, 0.5) is 0 Å². The van der Waals surface area contributed by atoms with Gasteiger partial charge in [-0.3, -0.25) is 9.69 Å². The summed E-state index contributed by atoms with van der Waals surface area (Å²) in [6.45, 7) is 7.85. The maximum atomic E-state index is 12.7. The molecule has 1 aromatic heterocycles. The molecule has 0 spiro atoms. The summed E-state index contributed by atoms with van der Waals surface area (Å²) < 4.78 is 5.72. The van der Waals surface area contributed by atoms with E-state index in [9.17, 15) is 9.90 Å². The number of rotatable bonds is 6. The molecule has 3 heterocycles. The molecule has 0 aliphatic carbocycles. The molecule has 2 aromatic rings. The van der Waals surface area contributed by atoms with Gasteiger partial charge in [-0.2, -0.15) is 0 Å². The number of carbonyl (C=O) groups excluding carboxylic acids is 1. The number of benzene rings is 1. The number of nitrogens with one attached hydrogen (secondary N) is 1. The largest absolute Gasteiger partial charge is 0.484 e. The van der Waals surface area contributed by atoms with Gasteiger partial charge >= 0.3 is 0 Å². The Kier molecular flexibility index (Phi) is 5.12. The molecule has 2 N–H and O–H groups in total. The lowest BCUT2D eigenvalue weighted by atomic mass is 9.82. The van der Waals surface area contributed by atoms with E-state index in [1.807, 2.05) is 36.2 Å². The molecule has 0 bridgehead atoms. The Hall–Kier alpha value is -2.38. The van der Waals surface area contributed by atoms with Crippen LogP contribution in [0.25, 0.3) is 0 Å². The molecule has 2 fully saturated rings. The average Bonchev–Trinajstić information content (AvgIpc) is 3.37. The van der Waals surface area contributed by atoms with Crippen LogP contribution in [-0.2, 0) is 11.3 Å². The second kappa shape index (κ2) is 7.56. The van der Waals surface area contributed by atoms with Gasteiger partial charge in [0, 0.05) is 44.0 Å². The van der Waals surface area contributed by atoms with Crippen LogP contribution in [0.5, 0.6) is 5.75 Å². The lowest BCUT2D eigenvalue weighted by Gasteiger charge is -2.27. The molecule has 2 atom stereocenters. The van der Waals surface area contributed by atoms with Crippen molar-refractivity contribution in [2.45, 2.75) is 20.4 Å². The highest BCUT2D eigenvalue weighted by molar-refractivity contribution is 5.78. The summed E-state index contributed by atoms with van der Waals surface area (Å²) >= 11 is 0. The van der Waals surface area contributed by atoms with Crippen molar-refractivity contribution in [1.29, 1.82) is 0 Å². The van der Waals surface area contributed by atoms with E-state index in [4.69, 9.17) is 4.74 Å². The fourth-order valence-electron chi connectivity index (χ4n) is 4.46. The number of likely N-dealkylation sites (tertiary alicyclic amines) is 2. The number of ether oxygens (including phenoxy) is 1. The molecule has 2 unspecified atom stereocenters. The number of aryl methyl sites for hydroxylation is 2. The lowest BCUT2D eigenvalue weighted by molar-refractivity contribution is -0.133. The van der Waals surface area contributed by atoms with Crippen molar-refractivity contribution in [2.75, 3.05) is 39.4 Å². The van der Waals surface area contributed by atoms with E-state index in [1.54, 1.807) is 6.20 Å². The van der Waals surface area contributed by atoms with E-state index in [-0.39, 0.29) is 30.5 Å². The van der Waals surface area contributed by atoms with Gasteiger partial charge in [0.05, 0.1) is 13.2 Å². The molecule has 150 valence electrons. The van der Waals surface area contributed by atoms with Gasteiger partial charge in [0.2, 0.25) is 0 Å². The van der Waals surface area contributed by atoms with Crippen molar-refractivity contribution < 1.29 is 14.6 Å². The van der Waals surface area contributed by atoms with Gasteiger partial charge < -0.3 is 19.7 Å². The third-order valence-electron chi connectivity index (χ3n) is 6.27. The van der Waals surface area contributed by atoms with Gasteiger partial charge in [-0.05, 0) is 43.0 Å². The van der Waals surface area contributed by atoms with Crippen LogP contribution in [0.1, 0.15) is 17.0 Å². The Balaban J connectivity index is 1.34. The number of hydrogen-bond acceptors (Lipinski definition) is 5.